The fraction of sp³-hybridized carbons (Fsp3) is 0.190. The molecule has 1 aliphatic heterocycles. The quantitative estimate of drug-likeness (QED) is 0.407. The van der Waals surface area contributed by atoms with E-state index in [1.54, 1.807) is 29.8 Å². The van der Waals surface area contributed by atoms with Gasteiger partial charge in [0.1, 0.15) is 26.1 Å². The number of sulfonamides is 1. The van der Waals surface area contributed by atoms with Crippen LogP contribution in [0, 0.1) is 0 Å². The Labute approximate surface area is 183 Å². The molecule has 0 radical (unpaired) electrons. The lowest BCUT2D eigenvalue weighted by Gasteiger charge is -2.15. The van der Waals surface area contributed by atoms with E-state index in [2.05, 4.69) is 33.2 Å². The highest BCUT2D eigenvalue weighted by Gasteiger charge is 2.27. The molecule has 152 valence electrons. The number of hydrogen-bond donors (Lipinski definition) is 0. The first-order valence-electron chi connectivity index (χ1n) is 9.55. The molecule has 6 nitrogen and oxygen atoms in total. The van der Waals surface area contributed by atoms with Crippen LogP contribution in [0.25, 0.3) is 20.7 Å². The van der Waals surface area contributed by atoms with E-state index < -0.39 is 10.0 Å². The molecule has 9 heteroatoms. The zero-order valence-corrected chi connectivity index (χ0v) is 18.4. The molecule has 30 heavy (non-hydrogen) atoms. The maximum absolute atomic E-state index is 12.7. The molecule has 1 aromatic carbocycles. The van der Waals surface area contributed by atoms with E-state index in [4.69, 9.17) is 0 Å². The Morgan fingerprint density at radius 1 is 0.967 bits per heavy atom. The van der Waals surface area contributed by atoms with Gasteiger partial charge in [0.15, 0.2) is 0 Å². The predicted molar refractivity (Wildman–Crippen MR) is 119 cm³/mol. The summed E-state index contributed by atoms with van der Waals surface area (Å²) in [5, 5.41) is 2.48. The molecular weight excluding hydrogens is 436 g/mol. The third-order valence-corrected chi connectivity index (χ3v) is 8.91. The van der Waals surface area contributed by atoms with E-state index in [1.165, 1.54) is 22.3 Å². The number of fused-ring (bicyclic) bond motifs is 1. The van der Waals surface area contributed by atoms with Crippen LogP contribution in [0.1, 0.15) is 12.8 Å². The van der Waals surface area contributed by atoms with E-state index in [1.807, 2.05) is 18.2 Å². The summed E-state index contributed by atoms with van der Waals surface area (Å²) >= 11 is 3.04. The summed E-state index contributed by atoms with van der Waals surface area (Å²) in [6, 6.07) is 15.7. The zero-order valence-electron chi connectivity index (χ0n) is 15.9. The monoisotopic (exact) mass is 454 g/mol. The molecule has 1 aliphatic rings. The molecule has 5 rings (SSSR count). The molecule has 0 aliphatic carbocycles. The van der Waals surface area contributed by atoms with Gasteiger partial charge in [-0.1, -0.05) is 30.3 Å². The summed E-state index contributed by atoms with van der Waals surface area (Å²) in [6.07, 6.45) is 4.82. The van der Waals surface area contributed by atoms with Crippen molar-refractivity contribution in [3.05, 3.63) is 61.1 Å². The molecule has 0 N–H and O–H groups in total. The van der Waals surface area contributed by atoms with Crippen LogP contribution < -0.4 is 0 Å². The fourth-order valence-corrected chi connectivity index (χ4v) is 6.75. The highest BCUT2D eigenvalue weighted by atomic mass is 32.2. The maximum Gasteiger partial charge on any atom is 0.244 e. The summed E-state index contributed by atoms with van der Waals surface area (Å²) in [4.78, 5) is 15.5. The molecule has 0 saturated carbocycles. The zero-order chi connectivity index (χ0) is 20.6. The average Bonchev–Trinajstić information content (AvgIpc) is 3.46. The standard InChI is InChI=1S/C21H18N4O2S3/c26-30(27,25-10-4-5-11-25)16-8-9-19(22-13-16)29-21-17-12-18(15-6-2-1-3-7-15)28-20(17)23-14-24-21/h1-3,6-9,12-14H,4-5,10-11H2. The Balaban J connectivity index is 1.42. The van der Waals surface area contributed by atoms with Crippen molar-refractivity contribution in [1.82, 2.24) is 19.3 Å². The minimum atomic E-state index is -3.45. The van der Waals surface area contributed by atoms with Gasteiger partial charge in [0.05, 0.1) is 0 Å². The number of thiophene rings is 1. The third-order valence-electron chi connectivity index (χ3n) is 4.96. The number of rotatable bonds is 5. The molecule has 4 heterocycles. The largest absolute Gasteiger partial charge is 0.248 e. The predicted octanol–water partition coefficient (Wildman–Crippen LogP) is 4.69. The normalized spacial score (nSPS) is 15.1. The van der Waals surface area contributed by atoms with Gasteiger partial charge >= 0.3 is 0 Å². The second-order valence-electron chi connectivity index (χ2n) is 6.92. The molecule has 4 aromatic rings. The van der Waals surface area contributed by atoms with Gasteiger partial charge in [-0.3, -0.25) is 0 Å². The summed E-state index contributed by atoms with van der Waals surface area (Å²) in [6.45, 7) is 1.17. The Morgan fingerprint density at radius 2 is 1.77 bits per heavy atom. The molecule has 0 spiro atoms. The lowest BCUT2D eigenvalue weighted by atomic mass is 10.2. The van der Waals surface area contributed by atoms with E-state index in [9.17, 15) is 8.42 Å². The minimum Gasteiger partial charge on any atom is -0.248 e. The van der Waals surface area contributed by atoms with E-state index in [0.717, 1.165) is 38.5 Å². The number of aromatic nitrogens is 3. The van der Waals surface area contributed by atoms with E-state index in [0.29, 0.717) is 18.1 Å². The van der Waals surface area contributed by atoms with E-state index in [-0.39, 0.29) is 4.90 Å². The summed E-state index contributed by atoms with van der Waals surface area (Å²) in [7, 11) is -3.45. The number of benzene rings is 1. The van der Waals surface area contributed by atoms with Gasteiger partial charge in [-0.15, -0.1) is 11.3 Å². The molecule has 0 amide bonds. The molecule has 3 aromatic heterocycles. The van der Waals surface area contributed by atoms with Crippen LogP contribution in [-0.2, 0) is 10.0 Å². The molecule has 1 fully saturated rings. The number of pyridine rings is 1. The Bertz CT molecular complexity index is 1280. The lowest BCUT2D eigenvalue weighted by molar-refractivity contribution is 0.477. The van der Waals surface area contributed by atoms with Crippen molar-refractivity contribution in [1.29, 1.82) is 0 Å². The van der Waals surface area contributed by atoms with Crippen LogP contribution in [-0.4, -0.2) is 40.8 Å². The van der Waals surface area contributed by atoms with Crippen molar-refractivity contribution in [2.24, 2.45) is 0 Å². The van der Waals surface area contributed by atoms with Crippen molar-refractivity contribution in [2.45, 2.75) is 27.8 Å². The first kappa shape index (κ1) is 19.6. The summed E-state index contributed by atoms with van der Waals surface area (Å²) in [5.74, 6) is 0. The van der Waals surface area contributed by atoms with Crippen LogP contribution in [0.4, 0.5) is 0 Å². The van der Waals surface area contributed by atoms with E-state index >= 15 is 0 Å². The van der Waals surface area contributed by atoms with Crippen LogP contribution in [0.3, 0.4) is 0 Å². The Hall–Kier alpha value is -2.33. The summed E-state index contributed by atoms with van der Waals surface area (Å²) in [5.41, 5.74) is 1.14. The van der Waals surface area contributed by atoms with Crippen LogP contribution in [0.5, 0.6) is 0 Å². The van der Waals surface area contributed by atoms with Gasteiger partial charge in [0, 0.05) is 29.5 Å². The van der Waals surface area contributed by atoms with Gasteiger partial charge < -0.3 is 0 Å². The molecular formula is C21H18N4O2S3. The summed E-state index contributed by atoms with van der Waals surface area (Å²) < 4.78 is 26.9. The van der Waals surface area contributed by atoms with Gasteiger partial charge in [-0.25, -0.2) is 23.4 Å². The number of nitrogens with zero attached hydrogens (tertiary/aromatic N) is 4. The number of hydrogen-bond acceptors (Lipinski definition) is 7. The van der Waals surface area contributed by atoms with Crippen LogP contribution >= 0.6 is 23.1 Å². The average molecular weight is 455 g/mol. The minimum absolute atomic E-state index is 0.239. The first-order chi connectivity index (χ1) is 14.6. The van der Waals surface area contributed by atoms with Gasteiger partial charge in [-0.2, -0.15) is 4.31 Å². The van der Waals surface area contributed by atoms with Crippen molar-refractivity contribution in [3.63, 3.8) is 0 Å². The lowest BCUT2D eigenvalue weighted by Crippen LogP contribution is -2.27. The SMILES string of the molecule is O=S(=O)(c1ccc(Sc2ncnc3sc(-c4ccccc4)cc23)nc1)N1CCCC1. The highest BCUT2D eigenvalue weighted by molar-refractivity contribution is 7.99. The highest BCUT2D eigenvalue weighted by Crippen LogP contribution is 2.38. The maximum atomic E-state index is 12.7. The van der Waals surface area contributed by atoms with Gasteiger partial charge in [0.2, 0.25) is 10.0 Å². The second-order valence-corrected chi connectivity index (χ2v) is 10.9. The van der Waals surface area contributed by atoms with Crippen molar-refractivity contribution >= 4 is 43.3 Å². The smallest absolute Gasteiger partial charge is 0.244 e. The topological polar surface area (TPSA) is 76.0 Å². The molecule has 0 atom stereocenters. The molecule has 0 unspecified atom stereocenters. The van der Waals surface area contributed by atoms with Crippen LogP contribution in [0.15, 0.2) is 76.0 Å². The fourth-order valence-electron chi connectivity index (χ4n) is 3.42. The first-order valence-corrected chi connectivity index (χ1v) is 12.6. The van der Waals surface area contributed by atoms with Crippen molar-refractivity contribution in [2.75, 3.05) is 13.1 Å². The van der Waals surface area contributed by atoms with Crippen LogP contribution in [0.2, 0.25) is 0 Å². The molecule has 1 saturated heterocycles. The van der Waals surface area contributed by atoms with Gasteiger partial charge in [0.25, 0.3) is 0 Å². The third kappa shape index (κ3) is 3.74. The van der Waals surface area contributed by atoms with Gasteiger partial charge in [-0.05, 0) is 48.4 Å². The Morgan fingerprint density at radius 3 is 2.50 bits per heavy atom. The second kappa shape index (κ2) is 8.07. The Kier molecular flexibility index (Phi) is 5.28. The van der Waals surface area contributed by atoms with Crippen molar-refractivity contribution in [3.8, 4) is 10.4 Å². The molecule has 0 bridgehead atoms. The van der Waals surface area contributed by atoms with Crippen molar-refractivity contribution < 1.29 is 8.42 Å².